The average molecular weight is 584 g/mol. The highest BCUT2D eigenvalue weighted by molar-refractivity contribution is 5.90. The molecule has 7 rings (SSSR count). The fourth-order valence-corrected chi connectivity index (χ4v) is 7.66. The highest BCUT2D eigenvalue weighted by atomic mass is 16.4. The van der Waals surface area contributed by atoms with Crippen molar-refractivity contribution in [1.29, 1.82) is 0 Å². The number of aromatic nitrogens is 2. The number of para-hydroxylation sites is 1. The van der Waals surface area contributed by atoms with Crippen LogP contribution in [-0.2, 0) is 0 Å². The van der Waals surface area contributed by atoms with Crippen LogP contribution in [-0.4, -0.2) is 107 Å². The molecule has 1 aromatic heterocycles. The maximum atomic E-state index is 11.4. The Kier molecular flexibility index (Phi) is 7.56. The molecule has 10 nitrogen and oxygen atoms in total. The second-order valence-corrected chi connectivity index (χ2v) is 12.5. The highest BCUT2D eigenvalue weighted by Gasteiger charge is 2.37. The van der Waals surface area contributed by atoms with Gasteiger partial charge < -0.3 is 30.2 Å². The number of hydrogen-bond acceptors (Lipinski definition) is 9. The van der Waals surface area contributed by atoms with Crippen molar-refractivity contribution in [1.82, 2.24) is 20.0 Å². The molecule has 5 heterocycles. The van der Waals surface area contributed by atoms with Crippen molar-refractivity contribution >= 4 is 23.2 Å². The quantitative estimate of drug-likeness (QED) is 0.409. The molecular formula is C33H41N7O3. The van der Waals surface area contributed by atoms with E-state index in [-0.39, 0.29) is 5.75 Å². The summed E-state index contributed by atoms with van der Waals surface area (Å²) in [6.45, 7) is 10.2. The van der Waals surface area contributed by atoms with Gasteiger partial charge in [-0.15, -0.1) is 10.2 Å². The van der Waals surface area contributed by atoms with Gasteiger partial charge >= 0.3 is 5.97 Å². The van der Waals surface area contributed by atoms with Crippen molar-refractivity contribution in [3.63, 3.8) is 0 Å². The second-order valence-electron chi connectivity index (χ2n) is 12.5. The Hall–Kier alpha value is -3.89. The number of benzene rings is 2. The van der Waals surface area contributed by atoms with Gasteiger partial charge in [0.1, 0.15) is 5.75 Å². The third-order valence-electron chi connectivity index (χ3n) is 10.1. The number of aromatic carboxylic acids is 1. The van der Waals surface area contributed by atoms with Crippen molar-refractivity contribution in [2.24, 2.45) is 0 Å². The number of rotatable bonds is 5. The molecule has 0 aliphatic carbocycles. The second kappa shape index (κ2) is 11.7. The molecular weight excluding hydrogens is 542 g/mol. The van der Waals surface area contributed by atoms with Crippen molar-refractivity contribution in [3.8, 4) is 17.0 Å². The van der Waals surface area contributed by atoms with Crippen molar-refractivity contribution < 1.29 is 15.0 Å². The Labute approximate surface area is 252 Å². The van der Waals surface area contributed by atoms with Gasteiger partial charge in [-0.2, -0.15) is 0 Å². The van der Waals surface area contributed by atoms with E-state index in [4.69, 9.17) is 0 Å². The number of carboxylic acids is 1. The van der Waals surface area contributed by atoms with Gasteiger partial charge in [-0.3, -0.25) is 4.90 Å². The first-order chi connectivity index (χ1) is 20.9. The standard InChI is InChI=1S/C33H41N7O3/c1-22-18-25(6-7-27(22)33(42)43)38-14-8-23(9-15-38)37-12-10-24(11-13-37)39-16-17-40-26(21-39)20-34-32-30(40)19-29(35-36-32)28-4-2-3-5-31(28)41/h2-7,18-19,23-24,26,41H,8-17,20-21H2,1H3,(H,34,36)(H,42,43)/t26-/m0/s1. The summed E-state index contributed by atoms with van der Waals surface area (Å²) in [5.74, 6) is 0.194. The molecule has 4 aliphatic heterocycles. The summed E-state index contributed by atoms with van der Waals surface area (Å²) in [4.78, 5) is 21.7. The van der Waals surface area contributed by atoms with Gasteiger partial charge in [0.05, 0.1) is 23.0 Å². The van der Waals surface area contributed by atoms with E-state index in [1.165, 1.54) is 12.8 Å². The highest BCUT2D eigenvalue weighted by Crippen LogP contribution is 2.37. The molecule has 0 radical (unpaired) electrons. The van der Waals surface area contributed by atoms with Gasteiger partial charge in [0.25, 0.3) is 0 Å². The zero-order chi connectivity index (χ0) is 29.5. The fraction of sp³-hybridized carbons (Fsp3) is 0.485. The van der Waals surface area contributed by atoms with Crippen LogP contribution in [0.4, 0.5) is 17.2 Å². The fourth-order valence-electron chi connectivity index (χ4n) is 7.66. The SMILES string of the molecule is Cc1cc(N2CCC(N3CCC(N4CCN5c6cc(-c7ccccc7O)nnc6NC[C@H]5C4)CC3)CC2)ccc1C(=O)O. The number of anilines is 3. The lowest BCUT2D eigenvalue weighted by molar-refractivity contribution is 0.0654. The predicted molar refractivity (Wildman–Crippen MR) is 168 cm³/mol. The average Bonchev–Trinajstić information content (AvgIpc) is 3.04. The molecule has 3 fully saturated rings. The summed E-state index contributed by atoms with van der Waals surface area (Å²) in [6, 6.07) is 16.8. The van der Waals surface area contributed by atoms with Crippen LogP contribution >= 0.6 is 0 Å². The Morgan fingerprint density at radius 1 is 0.860 bits per heavy atom. The molecule has 0 saturated carbocycles. The zero-order valence-electron chi connectivity index (χ0n) is 24.8. The summed E-state index contributed by atoms with van der Waals surface area (Å²) in [5.41, 5.74) is 4.85. The van der Waals surface area contributed by atoms with Crippen LogP contribution in [0.2, 0.25) is 0 Å². The van der Waals surface area contributed by atoms with Gasteiger partial charge in [0, 0.05) is 62.6 Å². The van der Waals surface area contributed by atoms with E-state index >= 15 is 0 Å². The predicted octanol–water partition coefficient (Wildman–Crippen LogP) is 3.91. The molecule has 0 spiro atoms. The lowest BCUT2D eigenvalue weighted by Crippen LogP contribution is -2.61. The van der Waals surface area contributed by atoms with Crippen molar-refractivity contribution in [3.05, 3.63) is 59.7 Å². The van der Waals surface area contributed by atoms with E-state index in [1.807, 2.05) is 37.3 Å². The Morgan fingerprint density at radius 3 is 2.35 bits per heavy atom. The molecule has 0 unspecified atom stereocenters. The number of aromatic hydroxyl groups is 1. The van der Waals surface area contributed by atoms with Gasteiger partial charge in [0.15, 0.2) is 5.82 Å². The molecule has 1 atom stereocenters. The first-order valence-electron chi connectivity index (χ1n) is 15.7. The lowest BCUT2D eigenvalue weighted by atomic mass is 9.95. The van der Waals surface area contributed by atoms with E-state index in [1.54, 1.807) is 12.1 Å². The molecule has 43 heavy (non-hydrogen) atoms. The minimum absolute atomic E-state index is 0.223. The molecule has 2 aromatic carbocycles. The maximum Gasteiger partial charge on any atom is 0.335 e. The number of piperidine rings is 2. The van der Waals surface area contributed by atoms with Crippen LogP contribution in [0.15, 0.2) is 48.5 Å². The smallest absolute Gasteiger partial charge is 0.335 e. The number of carbonyl (C=O) groups is 1. The van der Waals surface area contributed by atoms with E-state index in [0.29, 0.717) is 34.9 Å². The van der Waals surface area contributed by atoms with Crippen LogP contribution in [0.25, 0.3) is 11.3 Å². The van der Waals surface area contributed by atoms with Crippen LogP contribution in [0.5, 0.6) is 5.75 Å². The molecule has 0 bridgehead atoms. The summed E-state index contributed by atoms with van der Waals surface area (Å²) >= 11 is 0. The Bertz CT molecular complexity index is 1480. The first kappa shape index (κ1) is 27.9. The number of piperazine rings is 1. The summed E-state index contributed by atoms with van der Waals surface area (Å²) < 4.78 is 0. The normalized spacial score (nSPS) is 22.1. The van der Waals surface area contributed by atoms with Crippen LogP contribution < -0.4 is 15.1 Å². The van der Waals surface area contributed by atoms with Gasteiger partial charge in [-0.1, -0.05) is 12.1 Å². The Morgan fingerprint density at radius 2 is 1.60 bits per heavy atom. The largest absolute Gasteiger partial charge is 0.507 e. The summed E-state index contributed by atoms with van der Waals surface area (Å²) in [6.07, 6.45) is 4.75. The molecule has 3 N–H and O–H groups in total. The third kappa shape index (κ3) is 5.49. The molecule has 226 valence electrons. The monoisotopic (exact) mass is 583 g/mol. The van der Waals surface area contributed by atoms with Gasteiger partial charge in [-0.05, 0) is 87.7 Å². The number of fused-ring (bicyclic) bond motifs is 3. The van der Waals surface area contributed by atoms with Gasteiger partial charge in [0.2, 0.25) is 0 Å². The summed E-state index contributed by atoms with van der Waals surface area (Å²) in [5, 5.41) is 32.1. The van der Waals surface area contributed by atoms with E-state index in [2.05, 4.69) is 41.2 Å². The number of likely N-dealkylation sites (tertiary alicyclic amines) is 1. The zero-order valence-corrected chi connectivity index (χ0v) is 24.8. The molecule has 3 saturated heterocycles. The third-order valence-corrected chi connectivity index (χ3v) is 10.1. The van der Waals surface area contributed by atoms with Crippen LogP contribution in [0.3, 0.4) is 0 Å². The number of carboxylic acid groups (broad SMARTS) is 1. The maximum absolute atomic E-state index is 11.4. The molecule has 10 heteroatoms. The molecule has 3 aromatic rings. The molecule has 0 amide bonds. The number of phenolic OH excluding ortho intramolecular Hbond substituents is 1. The van der Waals surface area contributed by atoms with Crippen molar-refractivity contribution in [2.75, 3.05) is 67.5 Å². The number of phenols is 1. The van der Waals surface area contributed by atoms with Crippen molar-refractivity contribution in [2.45, 2.75) is 50.7 Å². The minimum atomic E-state index is -0.858. The number of nitrogens with one attached hydrogen (secondary N) is 1. The Balaban J connectivity index is 0.922. The minimum Gasteiger partial charge on any atom is -0.507 e. The van der Waals surface area contributed by atoms with E-state index in [0.717, 1.165) is 88.0 Å². The molecule has 4 aliphatic rings. The van der Waals surface area contributed by atoms with Crippen LogP contribution in [0, 0.1) is 6.92 Å². The summed E-state index contributed by atoms with van der Waals surface area (Å²) in [7, 11) is 0. The number of nitrogens with zero attached hydrogens (tertiary/aromatic N) is 6. The number of hydrogen-bond donors (Lipinski definition) is 3. The van der Waals surface area contributed by atoms with Gasteiger partial charge in [-0.25, -0.2) is 4.79 Å². The first-order valence-corrected chi connectivity index (χ1v) is 15.7. The van der Waals surface area contributed by atoms with E-state index < -0.39 is 5.97 Å². The topological polar surface area (TPSA) is 108 Å². The van der Waals surface area contributed by atoms with Crippen LogP contribution in [0.1, 0.15) is 41.6 Å². The lowest BCUT2D eigenvalue weighted by Gasteiger charge is -2.50. The van der Waals surface area contributed by atoms with E-state index in [9.17, 15) is 15.0 Å². The number of aryl methyl sites for hydroxylation is 1.